The molecule has 1 rings (SSSR count). The van der Waals surface area contributed by atoms with Gasteiger partial charge < -0.3 is 10.6 Å². The summed E-state index contributed by atoms with van der Waals surface area (Å²) in [7, 11) is 2.15. The van der Waals surface area contributed by atoms with Crippen LogP contribution in [0, 0.1) is 18.8 Å². The van der Waals surface area contributed by atoms with Gasteiger partial charge in [-0.05, 0) is 38.8 Å². The summed E-state index contributed by atoms with van der Waals surface area (Å²) in [5.41, 5.74) is 7.00. The standard InChI is InChI=1S/C13H25N3S/c1-10(2)5-12(6-14)7-16(4)8-13-9-17-11(3)15-13/h9-10,12H,5-8,14H2,1-4H3. The number of aryl methyl sites for hydroxylation is 1. The van der Waals surface area contributed by atoms with Crippen LogP contribution >= 0.6 is 11.3 Å². The van der Waals surface area contributed by atoms with Crippen LogP contribution in [0.5, 0.6) is 0 Å². The zero-order valence-corrected chi connectivity index (χ0v) is 12.3. The van der Waals surface area contributed by atoms with Gasteiger partial charge in [0.25, 0.3) is 0 Å². The molecule has 0 saturated heterocycles. The van der Waals surface area contributed by atoms with Crippen molar-refractivity contribution in [1.29, 1.82) is 0 Å². The Morgan fingerprint density at radius 3 is 2.65 bits per heavy atom. The summed E-state index contributed by atoms with van der Waals surface area (Å²) in [4.78, 5) is 6.82. The van der Waals surface area contributed by atoms with Crippen molar-refractivity contribution in [2.24, 2.45) is 17.6 Å². The van der Waals surface area contributed by atoms with Crippen LogP contribution in [0.1, 0.15) is 31.0 Å². The topological polar surface area (TPSA) is 42.2 Å². The zero-order valence-electron chi connectivity index (χ0n) is 11.4. The highest BCUT2D eigenvalue weighted by Gasteiger charge is 2.12. The molecule has 0 saturated carbocycles. The molecule has 0 radical (unpaired) electrons. The number of nitrogens with zero attached hydrogens (tertiary/aromatic N) is 2. The maximum atomic E-state index is 5.83. The van der Waals surface area contributed by atoms with E-state index >= 15 is 0 Å². The number of hydrogen-bond acceptors (Lipinski definition) is 4. The number of rotatable bonds is 7. The van der Waals surface area contributed by atoms with Crippen molar-refractivity contribution in [3.05, 3.63) is 16.1 Å². The minimum absolute atomic E-state index is 0.597. The number of aromatic nitrogens is 1. The van der Waals surface area contributed by atoms with Gasteiger partial charge in [-0.3, -0.25) is 0 Å². The van der Waals surface area contributed by atoms with Gasteiger partial charge in [0.2, 0.25) is 0 Å². The highest BCUT2D eigenvalue weighted by atomic mass is 32.1. The molecule has 1 heterocycles. The van der Waals surface area contributed by atoms with Gasteiger partial charge in [-0.1, -0.05) is 13.8 Å². The predicted molar refractivity (Wildman–Crippen MR) is 75.2 cm³/mol. The molecule has 17 heavy (non-hydrogen) atoms. The second-order valence-corrected chi connectivity index (χ2v) is 6.35. The van der Waals surface area contributed by atoms with Crippen LogP contribution in [0.2, 0.25) is 0 Å². The molecule has 0 aliphatic carbocycles. The quantitative estimate of drug-likeness (QED) is 0.814. The molecule has 4 heteroatoms. The lowest BCUT2D eigenvalue weighted by molar-refractivity contribution is 0.248. The summed E-state index contributed by atoms with van der Waals surface area (Å²) in [5, 5.41) is 3.29. The molecule has 0 aliphatic rings. The zero-order chi connectivity index (χ0) is 12.8. The molecule has 1 atom stereocenters. The molecule has 0 spiro atoms. The first-order chi connectivity index (χ1) is 8.01. The van der Waals surface area contributed by atoms with Gasteiger partial charge in [0.05, 0.1) is 10.7 Å². The SMILES string of the molecule is Cc1nc(CN(C)CC(CN)CC(C)C)cs1. The van der Waals surface area contributed by atoms with E-state index in [0.29, 0.717) is 5.92 Å². The molecule has 1 aromatic heterocycles. The van der Waals surface area contributed by atoms with Crippen molar-refractivity contribution in [3.8, 4) is 0 Å². The normalized spacial score (nSPS) is 13.6. The van der Waals surface area contributed by atoms with Crippen LogP contribution in [-0.2, 0) is 6.54 Å². The molecular weight excluding hydrogens is 230 g/mol. The molecule has 0 fully saturated rings. The Bertz CT molecular complexity index is 322. The monoisotopic (exact) mass is 255 g/mol. The van der Waals surface area contributed by atoms with Gasteiger partial charge in [-0.25, -0.2) is 4.98 Å². The van der Waals surface area contributed by atoms with E-state index in [4.69, 9.17) is 5.73 Å². The van der Waals surface area contributed by atoms with Gasteiger partial charge in [-0.2, -0.15) is 0 Å². The van der Waals surface area contributed by atoms with Crippen LogP contribution in [-0.4, -0.2) is 30.0 Å². The molecule has 3 nitrogen and oxygen atoms in total. The van der Waals surface area contributed by atoms with E-state index in [1.54, 1.807) is 11.3 Å². The van der Waals surface area contributed by atoms with Crippen LogP contribution in [0.4, 0.5) is 0 Å². The van der Waals surface area contributed by atoms with E-state index in [1.165, 1.54) is 12.1 Å². The Kier molecular flexibility index (Phi) is 6.09. The summed E-state index contributed by atoms with van der Waals surface area (Å²) < 4.78 is 0. The number of nitrogens with two attached hydrogens (primary N) is 1. The highest BCUT2D eigenvalue weighted by Crippen LogP contribution is 2.14. The molecule has 2 N–H and O–H groups in total. The van der Waals surface area contributed by atoms with Crippen LogP contribution in [0.15, 0.2) is 5.38 Å². The Morgan fingerprint density at radius 1 is 1.47 bits per heavy atom. The average Bonchev–Trinajstić information content (AvgIpc) is 2.62. The summed E-state index contributed by atoms with van der Waals surface area (Å²) in [6, 6.07) is 0. The van der Waals surface area contributed by atoms with Gasteiger partial charge in [0.1, 0.15) is 0 Å². The Morgan fingerprint density at radius 2 is 2.18 bits per heavy atom. The van der Waals surface area contributed by atoms with Crippen molar-refractivity contribution in [2.45, 2.75) is 33.7 Å². The summed E-state index contributed by atoms with van der Waals surface area (Å²) >= 11 is 1.72. The highest BCUT2D eigenvalue weighted by molar-refractivity contribution is 7.09. The second-order valence-electron chi connectivity index (χ2n) is 5.29. The Hall–Kier alpha value is -0.450. The van der Waals surface area contributed by atoms with E-state index in [0.717, 1.165) is 30.6 Å². The van der Waals surface area contributed by atoms with Gasteiger partial charge in [-0.15, -0.1) is 11.3 Å². The third-order valence-corrected chi connectivity index (χ3v) is 3.63. The van der Waals surface area contributed by atoms with Gasteiger partial charge >= 0.3 is 0 Å². The van der Waals surface area contributed by atoms with Crippen molar-refractivity contribution in [3.63, 3.8) is 0 Å². The van der Waals surface area contributed by atoms with Crippen molar-refractivity contribution in [1.82, 2.24) is 9.88 Å². The average molecular weight is 255 g/mol. The molecule has 1 unspecified atom stereocenters. The lowest BCUT2D eigenvalue weighted by atomic mass is 9.97. The minimum Gasteiger partial charge on any atom is -0.330 e. The first-order valence-electron chi connectivity index (χ1n) is 6.30. The van der Waals surface area contributed by atoms with Crippen molar-refractivity contribution < 1.29 is 0 Å². The summed E-state index contributed by atoms with van der Waals surface area (Å²) in [6.45, 7) is 9.33. The maximum absolute atomic E-state index is 5.83. The molecule has 0 aromatic carbocycles. The van der Waals surface area contributed by atoms with E-state index in [9.17, 15) is 0 Å². The Balaban J connectivity index is 2.39. The van der Waals surface area contributed by atoms with Crippen molar-refractivity contribution >= 4 is 11.3 Å². The van der Waals surface area contributed by atoms with E-state index in [1.807, 2.05) is 0 Å². The van der Waals surface area contributed by atoms with Gasteiger partial charge in [0, 0.05) is 18.5 Å². The molecule has 0 bridgehead atoms. The van der Waals surface area contributed by atoms with Crippen LogP contribution < -0.4 is 5.73 Å². The third-order valence-electron chi connectivity index (χ3n) is 2.81. The van der Waals surface area contributed by atoms with Crippen molar-refractivity contribution in [2.75, 3.05) is 20.1 Å². The largest absolute Gasteiger partial charge is 0.330 e. The number of hydrogen-bond donors (Lipinski definition) is 1. The molecule has 98 valence electrons. The minimum atomic E-state index is 0.597. The molecule has 0 amide bonds. The molecule has 0 aliphatic heterocycles. The van der Waals surface area contributed by atoms with Crippen LogP contribution in [0.3, 0.4) is 0 Å². The van der Waals surface area contributed by atoms with E-state index in [-0.39, 0.29) is 0 Å². The maximum Gasteiger partial charge on any atom is 0.0897 e. The first-order valence-corrected chi connectivity index (χ1v) is 7.18. The molecule has 1 aromatic rings. The fourth-order valence-corrected chi connectivity index (χ4v) is 2.78. The lowest BCUT2D eigenvalue weighted by Crippen LogP contribution is -2.30. The summed E-state index contributed by atoms with van der Waals surface area (Å²) in [5.74, 6) is 1.32. The van der Waals surface area contributed by atoms with Crippen LogP contribution in [0.25, 0.3) is 0 Å². The third kappa shape index (κ3) is 5.61. The van der Waals surface area contributed by atoms with E-state index in [2.05, 4.69) is 43.1 Å². The van der Waals surface area contributed by atoms with E-state index < -0.39 is 0 Å². The Labute approximate surface area is 109 Å². The molecular formula is C13H25N3S. The predicted octanol–water partition coefficient (Wildman–Crippen LogP) is 2.50. The fraction of sp³-hybridized carbons (Fsp3) is 0.769. The number of thiazole rings is 1. The first kappa shape index (κ1) is 14.6. The lowest BCUT2D eigenvalue weighted by Gasteiger charge is -2.23. The second kappa shape index (κ2) is 7.09. The fourth-order valence-electron chi connectivity index (χ4n) is 2.17. The summed E-state index contributed by atoms with van der Waals surface area (Å²) in [6.07, 6.45) is 1.21. The smallest absolute Gasteiger partial charge is 0.0897 e. The van der Waals surface area contributed by atoms with Gasteiger partial charge in [0.15, 0.2) is 0 Å².